The highest BCUT2D eigenvalue weighted by Crippen LogP contribution is 2.44. The molecule has 0 bridgehead atoms. The quantitative estimate of drug-likeness (QED) is 0.0272. The van der Waals surface area contributed by atoms with Crippen molar-refractivity contribution in [1.29, 1.82) is 0 Å². The molecule has 0 aliphatic carbocycles. The third kappa shape index (κ3) is 26.4. The summed E-state index contributed by atoms with van der Waals surface area (Å²) in [6, 6.07) is -3.81. The predicted octanol–water partition coefficient (Wildman–Crippen LogP) is -29.0. The molecule has 13 fully saturated rings. The van der Waals surface area contributed by atoms with Gasteiger partial charge in [-0.2, -0.15) is 0 Å². The molecular weight excluding hydrogens is 2070 g/mol. The van der Waals surface area contributed by atoms with Gasteiger partial charge in [0.25, 0.3) is 0 Å². The molecule has 0 aromatic rings. The molecule has 41 N–H and O–H groups in total. The lowest BCUT2D eigenvalue weighted by Gasteiger charge is -2.51. The number of rotatable bonds is 39. The second-order valence-electron chi connectivity index (χ2n) is 38.0. The van der Waals surface area contributed by atoms with Gasteiger partial charge >= 0.3 is 0 Å². The van der Waals surface area contributed by atoms with Gasteiger partial charge in [-0.15, -0.1) is 0 Å². The first-order chi connectivity index (χ1) is 71.1. The van der Waals surface area contributed by atoms with Crippen LogP contribution in [-0.4, -0.2) is 696 Å². The Bertz CT molecular complexity index is 4070. The predicted molar refractivity (Wildman–Crippen MR) is 451 cm³/mol. The van der Waals surface area contributed by atoms with Gasteiger partial charge in [-0.25, -0.2) is 0 Å². The molecule has 13 saturated heterocycles. The lowest BCUT2D eigenvalue weighted by Crippen LogP contribution is -2.70. The van der Waals surface area contributed by atoms with Gasteiger partial charge in [0, 0.05) is 13.8 Å². The SMILES string of the molecule is CC(=O)N[C@H]1[C@H](O[C@H]2[C@H](O)[C@H](NC(C)=O)C(O)O[C@@H]2CO)O[C@H](CO)[C@@H](O[C@@H]2O[C@H](CO[C@H]3O[C@H](CO[C@H]4O[C@H](CO)[C@@H](O)[C@H](O)[C@@H]4O)[C@@H](O)[C@H](O[C@H]4O[C@H](CO)[C@@H](O)[C@H](O)[C@@H]4O)[C@@H]3O)[C@@H](O)[C@H](O[C@H]3O[C@H](CO[C@H]4O[C@H](CO)[C@@H](O)[C@H](O)[C@@H]4O)[C@@H](O)[C@H](O)[C@@H]3O[C@H]3O[C@H](CO)[C@@H](O)[C@H](O)[C@@H]3O[C@H]3O[C@H](CO)[C@@H](O)[C@H](O[C@H]4O[C@H](CO)[C@@H](O)[C@H](O[C@H]5O[C@H](CO)[C@@H](O)[C@H](O)[C@H]5O[C@H]5O[C@H](CO)[C@@H](O)[C@H](O)[C@H]5O)[C@H]4O)[C@@H]3O)[C@@H]2O)[C@@H]1O. The molecule has 872 valence electrons. The molecule has 65 atom stereocenters. The summed E-state index contributed by atoms with van der Waals surface area (Å²) >= 11 is 0. The lowest BCUT2D eigenvalue weighted by atomic mass is 9.94. The van der Waals surface area contributed by atoms with E-state index in [-0.39, 0.29) is 0 Å². The van der Waals surface area contributed by atoms with Crippen LogP contribution in [0, 0.1) is 0 Å². The number of hydrogen-bond donors (Lipinski definition) is 41. The summed E-state index contributed by atoms with van der Waals surface area (Å²) in [5, 5.41) is 444. The Morgan fingerprint density at radius 2 is 0.360 bits per heavy atom. The second-order valence-corrected chi connectivity index (χ2v) is 38.0. The average Bonchev–Trinajstić information content (AvgIpc) is 0.760. The molecule has 0 aromatic carbocycles. The van der Waals surface area contributed by atoms with Crippen LogP contribution in [0.3, 0.4) is 0 Å². The standard InChI is InChI=1S/C82H138N2O66/c1-16(95)83-31-44(108)61(26(11-93)129-70(31)125)142-71-32(84-17(2)96)45(109)62(27(12-94)138-71)143-79-60(124)66(43(107)30(140-79)15-128-74-57(121)65(144-75-55(119)48(112)35(99)20(5-87)132-75)42(106)29(139-74)14-127-73-54(118)47(111)34(98)19(4-86)131-73)147-82-69(52(116)39(103)28(141-82)13-126-72-53(117)46(110)33(97)18(3-85)130-72)150-81-68(51(115)38(102)23(8-90)137-81)149-78-58(122)63(40(104)24(9-91)135-78)145-77-59(123)64(41(105)25(10-92)134-77)146-80-67(50(114)37(101)22(7-89)136-80)148-76-56(120)49(113)36(100)21(6-88)133-76/h18-82,85-94,97-125H,3-15H2,1-2H3,(H,83,95)(H,84,96)/t18-,19-,20-,21-,22-,23-,24-,25-,26-,27-,28-,29-,30-,31+,32-,33-,34-,35-,36-,37-,38-,39-,40-,41-,42-,43-,44-,45-,46+,47+,48+,49+,50+,51+,52+,53+,54+,55+,56-,57+,58+,59-,60+,61-,62-,63+,64+,65+,66+,67-,68+,69+,70?,71+,72+,73+,74+,75-,76-,77-,78-,79+,80-,81-,82-/m1/s1. The fourth-order valence-corrected chi connectivity index (χ4v) is 19.3. The second kappa shape index (κ2) is 53.8. The number of carbonyl (C=O) groups is 2. The van der Waals surface area contributed by atoms with Crippen LogP contribution in [0.25, 0.3) is 0 Å². The summed E-state index contributed by atoms with van der Waals surface area (Å²) in [6.07, 6.45) is -143. The molecule has 68 heteroatoms. The Labute approximate surface area is 845 Å². The summed E-state index contributed by atoms with van der Waals surface area (Å²) < 4.78 is 147. The van der Waals surface area contributed by atoms with E-state index < -0.39 is 497 Å². The summed E-state index contributed by atoms with van der Waals surface area (Å²) in [4.78, 5) is 25.6. The van der Waals surface area contributed by atoms with E-state index in [2.05, 4.69) is 10.6 Å². The van der Waals surface area contributed by atoms with Gasteiger partial charge in [0.15, 0.2) is 81.8 Å². The number of carbonyl (C=O) groups excluding carboxylic acids is 2. The highest BCUT2D eigenvalue weighted by atomic mass is 16.8. The van der Waals surface area contributed by atoms with Gasteiger partial charge in [-0.05, 0) is 0 Å². The van der Waals surface area contributed by atoms with E-state index in [4.69, 9.17) is 118 Å². The summed E-state index contributed by atoms with van der Waals surface area (Å²) in [7, 11) is 0. The van der Waals surface area contributed by atoms with E-state index in [1.807, 2.05) is 0 Å². The van der Waals surface area contributed by atoms with Crippen LogP contribution in [0.4, 0.5) is 0 Å². The Morgan fingerprint density at radius 3 is 0.687 bits per heavy atom. The maximum absolute atomic E-state index is 13.3. The largest absolute Gasteiger partial charge is 0.394 e. The first-order valence-corrected chi connectivity index (χ1v) is 47.7. The number of ether oxygens (including phenoxy) is 25. The molecular formula is C82H138N2O66. The number of nitrogens with one attached hydrogen (secondary N) is 2. The van der Waals surface area contributed by atoms with Crippen LogP contribution in [0.5, 0.6) is 0 Å². The zero-order chi connectivity index (χ0) is 110. The van der Waals surface area contributed by atoms with Gasteiger partial charge in [0.05, 0.1) is 85.9 Å². The number of aliphatic hydroxyl groups is 39. The topological polar surface area (TPSA) is 1080 Å². The Balaban J connectivity index is 0.842. The highest BCUT2D eigenvalue weighted by Gasteiger charge is 2.64. The molecule has 0 saturated carbocycles. The maximum Gasteiger partial charge on any atom is 0.217 e. The van der Waals surface area contributed by atoms with Crippen molar-refractivity contribution in [3.63, 3.8) is 0 Å². The van der Waals surface area contributed by atoms with Gasteiger partial charge in [0.1, 0.15) is 317 Å². The molecule has 13 aliphatic rings. The van der Waals surface area contributed by atoms with E-state index in [0.717, 1.165) is 13.8 Å². The van der Waals surface area contributed by atoms with Crippen LogP contribution in [-0.2, 0) is 128 Å². The third-order valence-electron chi connectivity index (χ3n) is 28.0. The first-order valence-electron chi connectivity index (χ1n) is 47.7. The molecule has 2 amide bonds. The molecule has 13 rings (SSSR count). The van der Waals surface area contributed by atoms with E-state index in [1.54, 1.807) is 0 Å². The summed E-state index contributed by atoms with van der Waals surface area (Å²) in [6.45, 7) is -13.5. The minimum atomic E-state index is -2.82. The van der Waals surface area contributed by atoms with Gasteiger partial charge in [-0.1, -0.05) is 0 Å². The van der Waals surface area contributed by atoms with Crippen LogP contribution < -0.4 is 10.6 Å². The average molecular weight is 2210 g/mol. The van der Waals surface area contributed by atoms with Crippen LogP contribution in [0.15, 0.2) is 0 Å². The summed E-state index contributed by atoms with van der Waals surface area (Å²) in [5.41, 5.74) is 0. The van der Waals surface area contributed by atoms with Crippen molar-refractivity contribution in [1.82, 2.24) is 10.6 Å². The number of aliphatic hydroxyl groups excluding tert-OH is 39. The minimum absolute atomic E-state index is 0.851. The van der Waals surface area contributed by atoms with Gasteiger partial charge < -0.3 is 328 Å². The first kappa shape index (κ1) is 123. The third-order valence-corrected chi connectivity index (χ3v) is 28.0. The molecule has 150 heavy (non-hydrogen) atoms. The van der Waals surface area contributed by atoms with E-state index in [0.29, 0.717) is 0 Å². The maximum atomic E-state index is 13.3. The van der Waals surface area contributed by atoms with Crippen LogP contribution in [0.2, 0.25) is 0 Å². The highest BCUT2D eigenvalue weighted by molar-refractivity contribution is 5.73. The van der Waals surface area contributed by atoms with E-state index >= 15 is 0 Å². The van der Waals surface area contributed by atoms with Crippen molar-refractivity contribution in [3.8, 4) is 0 Å². The fourth-order valence-electron chi connectivity index (χ4n) is 19.3. The Hall–Kier alpha value is -3.62. The molecule has 13 aliphatic heterocycles. The smallest absolute Gasteiger partial charge is 0.217 e. The molecule has 0 radical (unpaired) electrons. The Morgan fingerprint density at radius 1 is 0.173 bits per heavy atom. The van der Waals surface area contributed by atoms with E-state index in [1.165, 1.54) is 0 Å². The van der Waals surface area contributed by atoms with Crippen molar-refractivity contribution in [2.45, 2.75) is 413 Å². The van der Waals surface area contributed by atoms with Crippen molar-refractivity contribution < 1.29 is 327 Å². The lowest BCUT2D eigenvalue weighted by molar-refractivity contribution is -0.414. The minimum Gasteiger partial charge on any atom is -0.394 e. The molecule has 0 aromatic heterocycles. The normalized spacial score (nSPS) is 52.1. The number of hydrogen-bond acceptors (Lipinski definition) is 66. The van der Waals surface area contributed by atoms with Crippen LogP contribution in [0.1, 0.15) is 13.8 Å². The molecule has 1 unspecified atom stereocenters. The van der Waals surface area contributed by atoms with Crippen molar-refractivity contribution in [2.75, 3.05) is 85.9 Å². The van der Waals surface area contributed by atoms with Crippen LogP contribution >= 0.6 is 0 Å². The molecule has 68 nitrogen and oxygen atoms in total. The zero-order valence-electron chi connectivity index (χ0n) is 79.2. The van der Waals surface area contributed by atoms with Crippen molar-refractivity contribution in [3.05, 3.63) is 0 Å². The number of amides is 2. The Kier molecular flexibility index (Phi) is 44.2. The van der Waals surface area contributed by atoms with Crippen molar-refractivity contribution >= 4 is 11.8 Å². The monoisotopic (exact) mass is 2210 g/mol. The van der Waals surface area contributed by atoms with Gasteiger partial charge in [0.2, 0.25) is 11.8 Å². The molecule has 0 spiro atoms. The van der Waals surface area contributed by atoms with E-state index in [9.17, 15) is 209 Å². The molecule has 13 heterocycles. The van der Waals surface area contributed by atoms with Crippen molar-refractivity contribution in [2.24, 2.45) is 0 Å². The fraction of sp³-hybridized carbons (Fsp3) is 0.976. The zero-order valence-corrected chi connectivity index (χ0v) is 79.2. The van der Waals surface area contributed by atoms with Gasteiger partial charge in [-0.3, -0.25) is 9.59 Å². The summed E-state index contributed by atoms with van der Waals surface area (Å²) in [5.74, 6) is -1.89.